The summed E-state index contributed by atoms with van der Waals surface area (Å²) >= 11 is 0. The number of benzene rings is 3. The molecule has 1 aliphatic heterocycles. The number of nitrogens with zero attached hydrogens (tertiary/aromatic N) is 3. The summed E-state index contributed by atoms with van der Waals surface area (Å²) in [6, 6.07) is 15.1. The smallest absolute Gasteiger partial charge is 0.416 e. The Labute approximate surface area is 196 Å². The standard InChI is InChI=1S/C25H18F3N3O4/c26-25(27,28)18-6-1-4-15(12-18)16-9-10-22-20(14-16)29-23(35-22)21-8-3-11-30(21)24(32)17-5-2-7-19(13-17)31(33)34/h1-2,4-7,9-10,12-14,21H,3,8,11H2. The molecule has 0 saturated carbocycles. The van der Waals surface area contributed by atoms with Crippen LogP contribution in [-0.2, 0) is 6.18 Å². The van der Waals surface area contributed by atoms with Gasteiger partial charge in [0.25, 0.3) is 11.6 Å². The summed E-state index contributed by atoms with van der Waals surface area (Å²) in [6.07, 6.45) is -3.13. The molecular formula is C25H18F3N3O4. The number of aromatic nitrogens is 1. The minimum absolute atomic E-state index is 0.171. The monoisotopic (exact) mass is 481 g/mol. The number of alkyl halides is 3. The predicted octanol–water partition coefficient (Wildman–Crippen LogP) is 6.40. The first-order valence-corrected chi connectivity index (χ1v) is 10.8. The van der Waals surface area contributed by atoms with Crippen LogP contribution in [0.4, 0.5) is 18.9 Å². The summed E-state index contributed by atoms with van der Waals surface area (Å²) < 4.78 is 45.2. The molecule has 1 saturated heterocycles. The minimum atomic E-state index is -4.45. The molecule has 0 aliphatic carbocycles. The van der Waals surface area contributed by atoms with Crippen molar-refractivity contribution in [3.63, 3.8) is 0 Å². The molecule has 1 aliphatic rings. The highest BCUT2D eigenvalue weighted by Gasteiger charge is 2.34. The van der Waals surface area contributed by atoms with Crippen molar-refractivity contribution < 1.29 is 27.3 Å². The number of amides is 1. The molecule has 7 nitrogen and oxygen atoms in total. The Kier molecular flexibility index (Phi) is 5.50. The Morgan fingerprint density at radius 3 is 2.60 bits per heavy atom. The number of halogens is 3. The van der Waals surface area contributed by atoms with Crippen LogP contribution in [0, 0.1) is 10.1 Å². The molecule has 1 unspecified atom stereocenters. The molecule has 1 fully saturated rings. The summed E-state index contributed by atoms with van der Waals surface area (Å²) in [5.74, 6) is -0.0411. The van der Waals surface area contributed by atoms with Crippen LogP contribution in [0.2, 0.25) is 0 Å². The number of non-ortho nitro benzene ring substituents is 1. The van der Waals surface area contributed by atoms with Gasteiger partial charge >= 0.3 is 6.18 Å². The minimum Gasteiger partial charge on any atom is -0.438 e. The van der Waals surface area contributed by atoms with Gasteiger partial charge in [0.1, 0.15) is 11.6 Å². The van der Waals surface area contributed by atoms with Gasteiger partial charge in [-0.15, -0.1) is 0 Å². The number of oxazole rings is 1. The average molecular weight is 481 g/mol. The number of nitro groups is 1. The number of carbonyl (C=O) groups excluding carboxylic acids is 1. The zero-order chi connectivity index (χ0) is 24.7. The van der Waals surface area contributed by atoms with Gasteiger partial charge in [-0.3, -0.25) is 14.9 Å². The van der Waals surface area contributed by atoms with Crippen molar-refractivity contribution in [1.82, 2.24) is 9.88 Å². The highest BCUT2D eigenvalue weighted by Crippen LogP contribution is 2.36. The van der Waals surface area contributed by atoms with E-state index < -0.39 is 22.7 Å². The van der Waals surface area contributed by atoms with E-state index in [0.29, 0.717) is 47.5 Å². The van der Waals surface area contributed by atoms with Crippen molar-refractivity contribution in [2.45, 2.75) is 25.1 Å². The first-order chi connectivity index (χ1) is 16.7. The lowest BCUT2D eigenvalue weighted by Crippen LogP contribution is -2.30. The van der Waals surface area contributed by atoms with E-state index in [1.54, 1.807) is 29.2 Å². The zero-order valence-electron chi connectivity index (χ0n) is 18.2. The molecule has 4 aromatic rings. The molecule has 3 aromatic carbocycles. The maximum absolute atomic E-state index is 13.1. The van der Waals surface area contributed by atoms with Gasteiger partial charge in [-0.05, 0) is 54.3 Å². The van der Waals surface area contributed by atoms with Gasteiger partial charge in [-0.25, -0.2) is 4.98 Å². The molecule has 2 heterocycles. The van der Waals surface area contributed by atoms with E-state index in [-0.39, 0.29) is 17.2 Å². The largest absolute Gasteiger partial charge is 0.438 e. The molecule has 1 aromatic heterocycles. The molecule has 1 amide bonds. The lowest BCUT2D eigenvalue weighted by Gasteiger charge is -2.22. The molecular weight excluding hydrogens is 463 g/mol. The number of fused-ring (bicyclic) bond motifs is 1. The van der Waals surface area contributed by atoms with E-state index in [0.717, 1.165) is 12.1 Å². The number of hydrogen-bond acceptors (Lipinski definition) is 5. The van der Waals surface area contributed by atoms with E-state index in [9.17, 15) is 28.1 Å². The fourth-order valence-corrected chi connectivity index (χ4v) is 4.33. The van der Waals surface area contributed by atoms with Crippen molar-refractivity contribution >= 4 is 22.7 Å². The van der Waals surface area contributed by atoms with Crippen molar-refractivity contribution in [3.05, 3.63) is 93.9 Å². The predicted molar refractivity (Wildman–Crippen MR) is 121 cm³/mol. The van der Waals surface area contributed by atoms with Gasteiger partial charge in [0.15, 0.2) is 5.58 Å². The first kappa shape index (κ1) is 22.6. The second-order valence-electron chi connectivity index (χ2n) is 8.28. The Bertz CT molecular complexity index is 1450. The van der Waals surface area contributed by atoms with Crippen LogP contribution in [-0.4, -0.2) is 27.3 Å². The van der Waals surface area contributed by atoms with Crippen molar-refractivity contribution in [1.29, 1.82) is 0 Å². The highest BCUT2D eigenvalue weighted by atomic mass is 19.4. The molecule has 0 bridgehead atoms. The SMILES string of the molecule is O=C(c1cccc([N+](=O)[O-])c1)N1CCCC1c1nc2cc(-c3cccc(C(F)(F)F)c3)ccc2o1. The second kappa shape index (κ2) is 8.53. The van der Waals surface area contributed by atoms with E-state index in [4.69, 9.17) is 4.42 Å². The van der Waals surface area contributed by atoms with Gasteiger partial charge in [0.2, 0.25) is 5.89 Å². The van der Waals surface area contributed by atoms with E-state index >= 15 is 0 Å². The molecule has 178 valence electrons. The molecule has 0 N–H and O–H groups in total. The van der Waals surface area contributed by atoms with Crippen LogP contribution in [0.1, 0.15) is 40.7 Å². The summed E-state index contributed by atoms with van der Waals surface area (Å²) in [4.78, 5) is 29.8. The van der Waals surface area contributed by atoms with E-state index in [1.807, 2.05) is 0 Å². The van der Waals surface area contributed by atoms with Crippen LogP contribution in [0.15, 0.2) is 71.1 Å². The molecule has 5 rings (SSSR count). The summed E-state index contributed by atoms with van der Waals surface area (Å²) in [7, 11) is 0. The topological polar surface area (TPSA) is 89.5 Å². The summed E-state index contributed by atoms with van der Waals surface area (Å²) in [6.45, 7) is 0.445. The third-order valence-corrected chi connectivity index (χ3v) is 6.03. The van der Waals surface area contributed by atoms with Gasteiger partial charge in [0, 0.05) is 24.2 Å². The molecule has 0 spiro atoms. The quantitative estimate of drug-likeness (QED) is 0.249. The average Bonchev–Trinajstić information content (AvgIpc) is 3.49. The normalized spacial score (nSPS) is 16.1. The summed E-state index contributed by atoms with van der Waals surface area (Å²) in [5, 5.41) is 11.1. The Morgan fingerprint density at radius 1 is 1.06 bits per heavy atom. The second-order valence-corrected chi connectivity index (χ2v) is 8.28. The maximum atomic E-state index is 13.1. The van der Waals surface area contributed by atoms with E-state index in [2.05, 4.69) is 4.98 Å². The van der Waals surface area contributed by atoms with Gasteiger partial charge in [-0.1, -0.05) is 24.3 Å². The molecule has 10 heteroatoms. The third kappa shape index (κ3) is 4.34. The number of rotatable bonds is 4. The van der Waals surface area contributed by atoms with Gasteiger partial charge < -0.3 is 9.32 Å². The van der Waals surface area contributed by atoms with E-state index in [1.165, 1.54) is 30.3 Å². The Morgan fingerprint density at radius 2 is 1.83 bits per heavy atom. The number of hydrogen-bond donors (Lipinski definition) is 0. The number of likely N-dealkylation sites (tertiary alicyclic amines) is 1. The third-order valence-electron chi connectivity index (χ3n) is 6.03. The van der Waals surface area contributed by atoms with Crippen molar-refractivity contribution in [3.8, 4) is 11.1 Å². The molecule has 1 atom stereocenters. The van der Waals surface area contributed by atoms with Crippen LogP contribution in [0.5, 0.6) is 0 Å². The van der Waals surface area contributed by atoms with Crippen LogP contribution in [0.3, 0.4) is 0 Å². The molecule has 0 radical (unpaired) electrons. The summed E-state index contributed by atoms with van der Waals surface area (Å²) in [5.41, 5.74) is 1.16. The van der Waals surface area contributed by atoms with Gasteiger partial charge in [0.05, 0.1) is 10.5 Å². The van der Waals surface area contributed by atoms with Crippen molar-refractivity contribution in [2.24, 2.45) is 0 Å². The van der Waals surface area contributed by atoms with Crippen LogP contribution >= 0.6 is 0 Å². The highest BCUT2D eigenvalue weighted by molar-refractivity contribution is 5.95. The fourth-order valence-electron chi connectivity index (χ4n) is 4.33. The maximum Gasteiger partial charge on any atom is 0.416 e. The van der Waals surface area contributed by atoms with Crippen LogP contribution < -0.4 is 0 Å². The fraction of sp³-hybridized carbons (Fsp3) is 0.200. The number of carbonyl (C=O) groups is 1. The zero-order valence-corrected chi connectivity index (χ0v) is 18.2. The first-order valence-electron chi connectivity index (χ1n) is 10.8. The Balaban J connectivity index is 1.45. The van der Waals surface area contributed by atoms with Gasteiger partial charge in [-0.2, -0.15) is 13.2 Å². The number of nitro benzene ring substituents is 1. The van der Waals surface area contributed by atoms with Crippen LogP contribution in [0.25, 0.3) is 22.2 Å². The van der Waals surface area contributed by atoms with Crippen molar-refractivity contribution in [2.75, 3.05) is 6.54 Å². The lowest BCUT2D eigenvalue weighted by molar-refractivity contribution is -0.384. The molecule has 35 heavy (non-hydrogen) atoms. The lowest BCUT2D eigenvalue weighted by atomic mass is 10.0. The Hall–Kier alpha value is -4.21.